The Morgan fingerprint density at radius 1 is 1.25 bits per heavy atom. The summed E-state index contributed by atoms with van der Waals surface area (Å²) in [6.07, 6.45) is 5.46. The van der Waals surface area contributed by atoms with E-state index in [0.717, 1.165) is 24.6 Å². The molecular formula is C15H22N8O. The van der Waals surface area contributed by atoms with Crippen molar-refractivity contribution in [3.63, 3.8) is 0 Å². The summed E-state index contributed by atoms with van der Waals surface area (Å²) in [6.45, 7) is 2.84. The van der Waals surface area contributed by atoms with Crippen molar-refractivity contribution in [2.75, 3.05) is 55.4 Å². The zero-order chi connectivity index (χ0) is 17.1. The Balaban J connectivity index is 1.56. The molecule has 0 bridgehead atoms. The summed E-state index contributed by atoms with van der Waals surface area (Å²) in [6, 6.07) is 1.62. The number of hydrogen-bond acceptors (Lipinski definition) is 6. The first kappa shape index (κ1) is 16.0. The molecule has 2 aromatic rings. The van der Waals surface area contributed by atoms with Gasteiger partial charge in [0.15, 0.2) is 0 Å². The first-order valence-electron chi connectivity index (χ1n) is 7.83. The van der Waals surface area contributed by atoms with E-state index >= 15 is 0 Å². The van der Waals surface area contributed by atoms with E-state index in [1.54, 1.807) is 21.8 Å². The number of carbonyl (C=O) groups excluding carboxylic acids is 1. The lowest BCUT2D eigenvalue weighted by molar-refractivity contribution is 0.208. The molecule has 1 saturated heterocycles. The van der Waals surface area contributed by atoms with Crippen LogP contribution in [0, 0.1) is 0 Å². The molecule has 0 aliphatic carbocycles. The van der Waals surface area contributed by atoms with Crippen LogP contribution in [0.25, 0.3) is 0 Å². The molecule has 0 unspecified atom stereocenters. The second kappa shape index (κ2) is 6.73. The summed E-state index contributed by atoms with van der Waals surface area (Å²) in [5, 5.41) is 6.95. The molecule has 128 valence electrons. The van der Waals surface area contributed by atoms with E-state index < -0.39 is 0 Å². The van der Waals surface area contributed by atoms with E-state index in [4.69, 9.17) is 0 Å². The highest BCUT2D eigenvalue weighted by Gasteiger charge is 2.22. The fourth-order valence-corrected chi connectivity index (χ4v) is 2.57. The van der Waals surface area contributed by atoms with Crippen molar-refractivity contribution in [2.45, 2.75) is 0 Å². The molecule has 0 spiro atoms. The number of aryl methyl sites for hydroxylation is 1. The molecule has 2 amide bonds. The van der Waals surface area contributed by atoms with Crippen LogP contribution in [0.4, 0.5) is 22.2 Å². The number of carbonyl (C=O) groups is 1. The smallest absolute Gasteiger partial charge is 0.324 e. The summed E-state index contributed by atoms with van der Waals surface area (Å²) < 4.78 is 1.78. The quantitative estimate of drug-likeness (QED) is 0.889. The minimum absolute atomic E-state index is 0.170. The summed E-state index contributed by atoms with van der Waals surface area (Å²) in [4.78, 5) is 26.7. The van der Waals surface area contributed by atoms with Crippen LogP contribution in [0.2, 0.25) is 0 Å². The van der Waals surface area contributed by atoms with Gasteiger partial charge in [0.1, 0.15) is 5.82 Å². The molecule has 1 aliphatic heterocycles. The normalized spacial score (nSPS) is 14.6. The van der Waals surface area contributed by atoms with Gasteiger partial charge in [0.05, 0.1) is 11.9 Å². The molecule has 0 aromatic carbocycles. The van der Waals surface area contributed by atoms with Crippen molar-refractivity contribution in [1.82, 2.24) is 24.6 Å². The van der Waals surface area contributed by atoms with E-state index in [-0.39, 0.29) is 6.03 Å². The van der Waals surface area contributed by atoms with Gasteiger partial charge in [-0.2, -0.15) is 10.1 Å². The minimum atomic E-state index is -0.170. The molecule has 1 aliphatic rings. The van der Waals surface area contributed by atoms with Crippen LogP contribution in [0.5, 0.6) is 0 Å². The highest BCUT2D eigenvalue weighted by atomic mass is 16.2. The van der Waals surface area contributed by atoms with Crippen LogP contribution >= 0.6 is 0 Å². The lowest BCUT2D eigenvalue weighted by Gasteiger charge is -2.35. The Morgan fingerprint density at radius 3 is 2.62 bits per heavy atom. The van der Waals surface area contributed by atoms with Crippen LogP contribution in [0.1, 0.15) is 0 Å². The number of piperazine rings is 1. The fourth-order valence-electron chi connectivity index (χ4n) is 2.57. The van der Waals surface area contributed by atoms with E-state index in [2.05, 4.69) is 25.3 Å². The van der Waals surface area contributed by atoms with Crippen molar-refractivity contribution in [2.24, 2.45) is 7.05 Å². The van der Waals surface area contributed by atoms with E-state index in [0.29, 0.717) is 19.0 Å². The van der Waals surface area contributed by atoms with Crippen molar-refractivity contribution in [3.05, 3.63) is 24.7 Å². The van der Waals surface area contributed by atoms with Crippen LogP contribution in [-0.4, -0.2) is 71.0 Å². The van der Waals surface area contributed by atoms with Crippen LogP contribution in [0.3, 0.4) is 0 Å². The van der Waals surface area contributed by atoms with Crippen LogP contribution in [-0.2, 0) is 7.05 Å². The van der Waals surface area contributed by atoms with E-state index in [9.17, 15) is 4.79 Å². The maximum Gasteiger partial charge on any atom is 0.324 e. The van der Waals surface area contributed by atoms with Gasteiger partial charge in [0.25, 0.3) is 0 Å². The Labute approximate surface area is 140 Å². The molecule has 0 radical (unpaired) electrons. The number of nitrogens with zero attached hydrogens (tertiary/aromatic N) is 7. The molecular weight excluding hydrogens is 308 g/mol. The molecule has 1 fully saturated rings. The highest BCUT2D eigenvalue weighted by molar-refractivity contribution is 5.87. The molecule has 0 atom stereocenters. The molecule has 2 aromatic heterocycles. The molecule has 3 rings (SSSR count). The molecule has 24 heavy (non-hydrogen) atoms. The number of anilines is 3. The third-order valence-electron chi connectivity index (χ3n) is 3.94. The van der Waals surface area contributed by atoms with Gasteiger partial charge in [-0.05, 0) is 6.07 Å². The van der Waals surface area contributed by atoms with Crippen molar-refractivity contribution >= 4 is 23.5 Å². The van der Waals surface area contributed by atoms with Gasteiger partial charge in [-0.15, -0.1) is 0 Å². The second-order valence-electron chi connectivity index (χ2n) is 5.91. The predicted octanol–water partition coefficient (Wildman–Crippen LogP) is 0.630. The molecule has 1 N–H and O–H groups in total. The topological polar surface area (TPSA) is 82.4 Å². The summed E-state index contributed by atoms with van der Waals surface area (Å²) in [5.41, 5.74) is 1.08. The largest absolute Gasteiger partial charge is 0.365 e. The van der Waals surface area contributed by atoms with Gasteiger partial charge >= 0.3 is 6.03 Å². The van der Waals surface area contributed by atoms with Crippen molar-refractivity contribution < 1.29 is 4.79 Å². The third kappa shape index (κ3) is 3.55. The van der Waals surface area contributed by atoms with Crippen molar-refractivity contribution in [1.29, 1.82) is 0 Å². The van der Waals surface area contributed by atoms with Crippen LogP contribution < -0.4 is 15.1 Å². The van der Waals surface area contributed by atoms with Gasteiger partial charge in [0.2, 0.25) is 5.95 Å². The SMILES string of the molecule is CN(C)c1ccnc(NC(=O)N2CCN(c3cnn(C)c3)CC2)n1. The van der Waals surface area contributed by atoms with E-state index in [1.165, 1.54) is 0 Å². The lowest BCUT2D eigenvalue weighted by Crippen LogP contribution is -2.50. The number of urea groups is 1. The Morgan fingerprint density at radius 2 is 2.00 bits per heavy atom. The molecule has 9 heteroatoms. The summed E-state index contributed by atoms with van der Waals surface area (Å²) in [5.74, 6) is 1.07. The Kier molecular flexibility index (Phi) is 4.50. The number of nitrogens with one attached hydrogen (secondary N) is 1. The number of rotatable bonds is 3. The van der Waals surface area contributed by atoms with Gasteiger partial charge < -0.3 is 14.7 Å². The standard InChI is InChI=1S/C15H22N8O/c1-20(2)13-4-5-16-14(18-13)19-15(24)23-8-6-22(7-9-23)12-10-17-21(3)11-12/h4-5,10-11H,6-9H2,1-3H3,(H,16,18,19,24). The first-order chi connectivity index (χ1) is 11.5. The minimum Gasteiger partial charge on any atom is -0.365 e. The maximum atomic E-state index is 12.4. The average molecular weight is 330 g/mol. The molecule has 3 heterocycles. The van der Waals surface area contributed by atoms with Gasteiger partial charge in [-0.1, -0.05) is 0 Å². The average Bonchev–Trinajstić information content (AvgIpc) is 3.01. The lowest BCUT2D eigenvalue weighted by atomic mass is 10.3. The monoisotopic (exact) mass is 330 g/mol. The fraction of sp³-hybridized carbons (Fsp3) is 0.467. The van der Waals surface area contributed by atoms with Gasteiger partial charge in [-0.3, -0.25) is 10.00 Å². The van der Waals surface area contributed by atoms with E-state index in [1.807, 2.05) is 38.4 Å². The molecule has 0 saturated carbocycles. The summed E-state index contributed by atoms with van der Waals surface area (Å²) >= 11 is 0. The van der Waals surface area contributed by atoms with Crippen molar-refractivity contribution in [3.8, 4) is 0 Å². The highest BCUT2D eigenvalue weighted by Crippen LogP contribution is 2.15. The Hall–Kier alpha value is -2.84. The first-order valence-corrected chi connectivity index (χ1v) is 7.83. The number of aromatic nitrogens is 4. The van der Waals surface area contributed by atoms with Gasteiger partial charge in [0, 0.05) is 59.7 Å². The number of amides is 2. The zero-order valence-corrected chi connectivity index (χ0v) is 14.2. The molecule has 9 nitrogen and oxygen atoms in total. The second-order valence-corrected chi connectivity index (χ2v) is 5.91. The zero-order valence-electron chi connectivity index (χ0n) is 14.2. The Bertz CT molecular complexity index is 705. The third-order valence-corrected chi connectivity index (χ3v) is 3.94. The maximum absolute atomic E-state index is 12.4. The summed E-state index contributed by atoms with van der Waals surface area (Å²) in [7, 11) is 5.69. The van der Waals surface area contributed by atoms with Gasteiger partial charge in [-0.25, -0.2) is 9.78 Å². The number of hydrogen-bond donors (Lipinski definition) is 1. The predicted molar refractivity (Wildman–Crippen MR) is 92.4 cm³/mol. The van der Waals surface area contributed by atoms with Crippen LogP contribution in [0.15, 0.2) is 24.7 Å².